The number of nitrogens with two attached hydrogens (primary N) is 1. The van der Waals surface area contributed by atoms with Crippen LogP contribution in [0.2, 0.25) is 18.1 Å². The summed E-state index contributed by atoms with van der Waals surface area (Å²) in [6, 6.07) is -0.605. The SMILES string of the molecule is CC(C)(C)[Si](C)(C)OC1C(N=[N+]=[N-])C(CSC#N)OC1n1cnc2c(N)ncnc21. The molecule has 3 rings (SSSR count). The van der Waals surface area contributed by atoms with E-state index >= 15 is 0 Å². The molecule has 160 valence electrons. The van der Waals surface area contributed by atoms with Gasteiger partial charge in [0.05, 0.1) is 18.5 Å². The summed E-state index contributed by atoms with van der Waals surface area (Å²) in [5.74, 6) is 0.611. The van der Waals surface area contributed by atoms with E-state index < -0.39 is 32.8 Å². The number of nitriles is 1. The Kier molecular flexibility index (Phi) is 6.26. The van der Waals surface area contributed by atoms with E-state index in [0.717, 1.165) is 11.8 Å². The Labute approximate surface area is 179 Å². The minimum atomic E-state index is -2.26. The van der Waals surface area contributed by atoms with Gasteiger partial charge in [0.1, 0.15) is 23.3 Å². The van der Waals surface area contributed by atoms with Crippen molar-refractivity contribution in [2.24, 2.45) is 5.11 Å². The Bertz CT molecular complexity index is 1010. The van der Waals surface area contributed by atoms with Gasteiger partial charge in [-0.1, -0.05) is 25.9 Å². The Morgan fingerprint density at radius 1 is 1.43 bits per heavy atom. The standard InChI is InChI=1S/C17H25N9O2SSi/c1-17(2,3)30(4,5)28-13-11(24-25-20)10(6-29-7-18)27-16(13)26-9-23-12-14(19)21-8-22-15(12)26/h8-11,13,16H,6H2,1-5H3,(H2,19,21,22). The summed E-state index contributed by atoms with van der Waals surface area (Å²) in [5, 5.41) is 15.0. The lowest BCUT2D eigenvalue weighted by molar-refractivity contribution is -0.0247. The van der Waals surface area contributed by atoms with Crippen molar-refractivity contribution in [1.29, 1.82) is 5.26 Å². The first kappa shape index (κ1) is 22.3. The van der Waals surface area contributed by atoms with Crippen molar-refractivity contribution < 1.29 is 9.16 Å². The van der Waals surface area contributed by atoms with Crippen LogP contribution >= 0.6 is 11.8 Å². The second-order valence-corrected chi connectivity index (χ2v) is 14.1. The molecule has 1 aliphatic heterocycles. The average molecular weight is 448 g/mol. The molecule has 13 heteroatoms. The van der Waals surface area contributed by atoms with E-state index in [-0.39, 0.29) is 10.9 Å². The van der Waals surface area contributed by atoms with Crippen LogP contribution in [0.3, 0.4) is 0 Å². The molecule has 2 N–H and O–H groups in total. The predicted octanol–water partition coefficient (Wildman–Crippen LogP) is 3.59. The molecule has 2 aromatic rings. The van der Waals surface area contributed by atoms with E-state index in [1.54, 1.807) is 10.9 Å². The highest BCUT2D eigenvalue weighted by atomic mass is 32.2. The zero-order valence-electron chi connectivity index (χ0n) is 17.6. The van der Waals surface area contributed by atoms with Gasteiger partial charge >= 0.3 is 0 Å². The van der Waals surface area contributed by atoms with Gasteiger partial charge in [0, 0.05) is 10.7 Å². The number of thiocyanates is 1. The maximum absolute atomic E-state index is 9.20. The number of hydrogen-bond donors (Lipinski definition) is 1. The van der Waals surface area contributed by atoms with Crippen LogP contribution in [0.15, 0.2) is 17.8 Å². The zero-order chi connectivity index (χ0) is 22.1. The summed E-state index contributed by atoms with van der Waals surface area (Å²) in [4.78, 5) is 15.6. The third kappa shape index (κ3) is 4.10. The van der Waals surface area contributed by atoms with Crippen LogP contribution in [-0.4, -0.2) is 51.8 Å². The molecule has 1 fully saturated rings. The van der Waals surface area contributed by atoms with Crippen LogP contribution < -0.4 is 5.73 Å². The van der Waals surface area contributed by atoms with Gasteiger partial charge in [0.25, 0.3) is 0 Å². The monoisotopic (exact) mass is 447 g/mol. The van der Waals surface area contributed by atoms with Crippen LogP contribution in [0.4, 0.5) is 5.82 Å². The van der Waals surface area contributed by atoms with Crippen molar-refractivity contribution in [2.75, 3.05) is 11.5 Å². The predicted molar refractivity (Wildman–Crippen MR) is 117 cm³/mol. The lowest BCUT2D eigenvalue weighted by atomic mass is 10.1. The third-order valence-electron chi connectivity index (χ3n) is 5.71. The Balaban J connectivity index is 2.08. The highest BCUT2D eigenvalue weighted by molar-refractivity contribution is 8.03. The molecule has 3 heterocycles. The summed E-state index contributed by atoms with van der Waals surface area (Å²) < 4.78 is 14.7. The van der Waals surface area contributed by atoms with Gasteiger partial charge in [0.2, 0.25) is 0 Å². The minimum Gasteiger partial charge on any atom is -0.409 e. The number of thioether (sulfide) groups is 1. The number of nitrogens with zero attached hydrogens (tertiary/aromatic N) is 8. The van der Waals surface area contributed by atoms with E-state index in [1.165, 1.54) is 6.33 Å². The molecule has 1 saturated heterocycles. The van der Waals surface area contributed by atoms with Gasteiger partial charge in [-0.05, 0) is 35.4 Å². The van der Waals surface area contributed by atoms with Crippen molar-refractivity contribution in [3.8, 4) is 5.40 Å². The number of rotatable bonds is 6. The first-order chi connectivity index (χ1) is 14.1. The van der Waals surface area contributed by atoms with Crippen LogP contribution in [0.1, 0.15) is 27.0 Å². The maximum Gasteiger partial charge on any atom is 0.192 e. The maximum atomic E-state index is 9.20. The quantitative estimate of drug-likeness (QED) is 0.231. The zero-order valence-corrected chi connectivity index (χ0v) is 19.4. The number of imidazole rings is 1. The fourth-order valence-corrected chi connectivity index (χ4v) is 4.90. The van der Waals surface area contributed by atoms with Gasteiger partial charge in [-0.25, -0.2) is 15.0 Å². The fourth-order valence-electron chi connectivity index (χ4n) is 3.10. The normalized spacial score (nSPS) is 24.5. The Hall–Kier alpha value is -2.36. The molecule has 11 nitrogen and oxygen atoms in total. The second-order valence-electron chi connectivity index (χ2n) is 8.59. The van der Waals surface area contributed by atoms with Crippen LogP contribution in [-0.2, 0) is 9.16 Å². The molecule has 0 aromatic carbocycles. The summed E-state index contributed by atoms with van der Waals surface area (Å²) in [5.41, 5.74) is 16.1. The molecule has 0 saturated carbocycles. The molecule has 1 aliphatic rings. The van der Waals surface area contributed by atoms with Gasteiger partial charge < -0.3 is 14.9 Å². The van der Waals surface area contributed by atoms with Gasteiger partial charge in [0.15, 0.2) is 26.0 Å². The number of ether oxygens (including phenoxy) is 1. The number of nitrogen functional groups attached to an aromatic ring is 1. The molecule has 0 aliphatic carbocycles. The van der Waals surface area contributed by atoms with E-state index in [1.807, 2.05) is 5.40 Å². The molecule has 4 unspecified atom stereocenters. The number of azide groups is 1. The van der Waals surface area contributed by atoms with E-state index in [0.29, 0.717) is 16.9 Å². The van der Waals surface area contributed by atoms with Gasteiger partial charge in [-0.3, -0.25) is 4.57 Å². The van der Waals surface area contributed by atoms with Crippen LogP contribution in [0.5, 0.6) is 0 Å². The van der Waals surface area contributed by atoms with Gasteiger partial charge in [-0.2, -0.15) is 5.26 Å². The third-order valence-corrected chi connectivity index (χ3v) is 10.8. The Morgan fingerprint density at radius 3 is 2.80 bits per heavy atom. The Morgan fingerprint density at radius 2 is 2.17 bits per heavy atom. The molecular weight excluding hydrogens is 422 g/mol. The number of hydrogen-bond acceptors (Lipinski definition) is 9. The summed E-state index contributed by atoms with van der Waals surface area (Å²) in [6.45, 7) is 10.7. The largest absolute Gasteiger partial charge is 0.409 e. The van der Waals surface area contributed by atoms with E-state index in [2.05, 4.69) is 58.8 Å². The number of aromatic nitrogens is 4. The van der Waals surface area contributed by atoms with Crippen molar-refractivity contribution >= 4 is 37.1 Å². The number of fused-ring (bicyclic) bond motifs is 1. The topological polar surface area (TPSA) is 161 Å². The minimum absolute atomic E-state index is 0.0679. The highest BCUT2D eigenvalue weighted by Gasteiger charge is 2.51. The fraction of sp³-hybridized carbons (Fsp3) is 0.647. The van der Waals surface area contributed by atoms with Crippen LogP contribution in [0.25, 0.3) is 21.6 Å². The lowest BCUT2D eigenvalue weighted by Gasteiger charge is -2.40. The van der Waals surface area contributed by atoms with E-state index in [4.69, 9.17) is 20.2 Å². The van der Waals surface area contributed by atoms with Crippen LogP contribution in [0, 0.1) is 10.7 Å². The smallest absolute Gasteiger partial charge is 0.192 e. The lowest BCUT2D eigenvalue weighted by Crippen LogP contribution is -2.48. The first-order valence-electron chi connectivity index (χ1n) is 9.42. The molecule has 0 bridgehead atoms. The van der Waals surface area contributed by atoms with Crippen molar-refractivity contribution in [1.82, 2.24) is 19.5 Å². The summed E-state index contributed by atoms with van der Waals surface area (Å²) >= 11 is 1.05. The molecule has 2 aromatic heterocycles. The van der Waals surface area contributed by atoms with Crippen molar-refractivity contribution in [3.63, 3.8) is 0 Å². The summed E-state index contributed by atoms with van der Waals surface area (Å²) in [7, 11) is -2.26. The molecule has 0 amide bonds. The highest BCUT2D eigenvalue weighted by Crippen LogP contribution is 2.43. The first-order valence-corrected chi connectivity index (χ1v) is 13.3. The average Bonchev–Trinajstić information content (AvgIpc) is 3.22. The molecule has 0 radical (unpaired) electrons. The van der Waals surface area contributed by atoms with Crippen molar-refractivity contribution in [3.05, 3.63) is 23.1 Å². The molecular formula is C17H25N9O2SSi. The van der Waals surface area contributed by atoms with Crippen molar-refractivity contribution in [2.45, 2.75) is 63.4 Å². The van der Waals surface area contributed by atoms with E-state index in [9.17, 15) is 5.53 Å². The summed E-state index contributed by atoms with van der Waals surface area (Å²) in [6.07, 6.45) is 1.23. The van der Waals surface area contributed by atoms with Gasteiger partial charge in [-0.15, -0.1) is 0 Å². The number of anilines is 1. The second kappa shape index (κ2) is 8.41. The molecule has 30 heavy (non-hydrogen) atoms. The molecule has 4 atom stereocenters. The molecule has 0 spiro atoms.